The number of anilines is 1. The summed E-state index contributed by atoms with van der Waals surface area (Å²) in [7, 11) is 0. The lowest BCUT2D eigenvalue weighted by molar-refractivity contribution is 0.254. The molecule has 1 aliphatic heterocycles. The van der Waals surface area contributed by atoms with Crippen LogP contribution in [0, 0.1) is 11.3 Å². The molecule has 0 atom stereocenters. The average molecular weight is 405 g/mol. The highest BCUT2D eigenvalue weighted by molar-refractivity contribution is 5.38. The second-order valence-corrected chi connectivity index (χ2v) is 8.53. The maximum absolute atomic E-state index is 9.40. The van der Waals surface area contributed by atoms with E-state index in [-0.39, 0.29) is 0 Å². The van der Waals surface area contributed by atoms with E-state index < -0.39 is 0 Å². The van der Waals surface area contributed by atoms with Gasteiger partial charge in [0.15, 0.2) is 0 Å². The van der Waals surface area contributed by atoms with Crippen LogP contribution in [0.3, 0.4) is 0 Å². The van der Waals surface area contributed by atoms with Crippen molar-refractivity contribution in [3.8, 4) is 6.07 Å². The van der Waals surface area contributed by atoms with Crippen molar-refractivity contribution in [3.05, 3.63) is 47.7 Å². The van der Waals surface area contributed by atoms with Gasteiger partial charge in [0.05, 0.1) is 0 Å². The van der Waals surface area contributed by atoms with E-state index in [2.05, 4.69) is 49.0 Å². The van der Waals surface area contributed by atoms with Crippen molar-refractivity contribution >= 4 is 5.82 Å². The molecule has 0 aromatic carbocycles. The predicted octanol–water partition coefficient (Wildman–Crippen LogP) is 3.94. The van der Waals surface area contributed by atoms with E-state index in [0.717, 1.165) is 62.8 Å². The molecule has 2 aliphatic rings. The van der Waals surface area contributed by atoms with Crippen molar-refractivity contribution in [1.82, 2.24) is 19.9 Å². The third-order valence-corrected chi connectivity index (χ3v) is 6.43. The fourth-order valence-electron chi connectivity index (χ4n) is 4.71. The van der Waals surface area contributed by atoms with Gasteiger partial charge >= 0.3 is 0 Å². The first-order chi connectivity index (χ1) is 14.8. The summed E-state index contributed by atoms with van der Waals surface area (Å²) in [5, 5.41) is 9.40. The number of pyridine rings is 1. The van der Waals surface area contributed by atoms with Crippen LogP contribution in [-0.4, -0.2) is 52.6 Å². The number of piperazine rings is 1. The first kappa shape index (κ1) is 20.7. The fourth-order valence-corrected chi connectivity index (χ4v) is 4.71. The molecular formula is C24H32N6. The van der Waals surface area contributed by atoms with E-state index in [1.807, 2.05) is 12.3 Å². The Morgan fingerprint density at radius 3 is 2.50 bits per heavy atom. The Balaban J connectivity index is 1.29. The molecule has 6 heteroatoms. The number of nitriles is 1. The van der Waals surface area contributed by atoms with E-state index in [0.29, 0.717) is 11.7 Å². The third-order valence-electron chi connectivity index (χ3n) is 6.43. The molecule has 0 bridgehead atoms. The van der Waals surface area contributed by atoms with Gasteiger partial charge in [-0.25, -0.2) is 15.0 Å². The van der Waals surface area contributed by atoms with Crippen LogP contribution in [0.2, 0.25) is 0 Å². The van der Waals surface area contributed by atoms with Crippen LogP contribution in [0.4, 0.5) is 5.82 Å². The normalized spacial score (nSPS) is 18.7. The van der Waals surface area contributed by atoms with Gasteiger partial charge < -0.3 is 4.90 Å². The summed E-state index contributed by atoms with van der Waals surface area (Å²) in [4.78, 5) is 18.4. The Bertz CT molecular complexity index is 831. The largest absolute Gasteiger partial charge is 0.354 e. The van der Waals surface area contributed by atoms with Crippen molar-refractivity contribution in [2.45, 2.75) is 57.3 Å². The van der Waals surface area contributed by atoms with E-state index in [1.165, 1.54) is 38.5 Å². The first-order valence-electron chi connectivity index (χ1n) is 11.5. The zero-order valence-corrected chi connectivity index (χ0v) is 17.8. The van der Waals surface area contributed by atoms with Gasteiger partial charge in [-0.05, 0) is 50.4 Å². The number of aryl methyl sites for hydroxylation is 1. The number of nitrogens with zero attached hydrogens (tertiary/aromatic N) is 6. The molecule has 0 unspecified atom stereocenters. The Morgan fingerprint density at radius 1 is 1.00 bits per heavy atom. The lowest BCUT2D eigenvalue weighted by Gasteiger charge is -2.35. The molecule has 0 amide bonds. The minimum absolute atomic E-state index is 0.343. The molecule has 0 radical (unpaired) electrons. The van der Waals surface area contributed by atoms with Gasteiger partial charge in [-0.1, -0.05) is 31.7 Å². The van der Waals surface area contributed by atoms with Gasteiger partial charge in [-0.15, -0.1) is 0 Å². The van der Waals surface area contributed by atoms with Crippen molar-refractivity contribution in [3.63, 3.8) is 0 Å². The van der Waals surface area contributed by atoms with E-state index in [1.54, 1.807) is 0 Å². The molecular weight excluding hydrogens is 372 g/mol. The summed E-state index contributed by atoms with van der Waals surface area (Å²) in [5.74, 6) is 1.92. The molecule has 158 valence electrons. The summed E-state index contributed by atoms with van der Waals surface area (Å²) < 4.78 is 0. The van der Waals surface area contributed by atoms with Crippen LogP contribution in [0.1, 0.15) is 68.1 Å². The Hall–Kier alpha value is -2.52. The van der Waals surface area contributed by atoms with Crippen molar-refractivity contribution in [2.75, 3.05) is 37.6 Å². The highest BCUT2D eigenvalue weighted by atomic mass is 15.3. The number of rotatable bonds is 6. The maximum Gasteiger partial charge on any atom is 0.232 e. The summed E-state index contributed by atoms with van der Waals surface area (Å²) in [6, 6.07) is 10.5. The molecule has 0 N–H and O–H groups in total. The van der Waals surface area contributed by atoms with Crippen molar-refractivity contribution in [2.24, 2.45) is 0 Å². The summed E-state index contributed by atoms with van der Waals surface area (Å²) in [6.45, 7) is 5.25. The van der Waals surface area contributed by atoms with Crippen LogP contribution in [0.5, 0.6) is 0 Å². The number of aromatic nitrogens is 3. The molecule has 4 rings (SSSR count). The summed E-state index contributed by atoms with van der Waals surface area (Å²) in [6.07, 6.45) is 11.4. The molecule has 2 aromatic rings. The minimum Gasteiger partial charge on any atom is -0.354 e. The van der Waals surface area contributed by atoms with Gasteiger partial charge in [0, 0.05) is 49.7 Å². The van der Waals surface area contributed by atoms with E-state index in [9.17, 15) is 5.26 Å². The van der Waals surface area contributed by atoms with Crippen LogP contribution >= 0.6 is 0 Å². The van der Waals surface area contributed by atoms with Crippen LogP contribution in [-0.2, 0) is 6.42 Å². The number of hydrogen-bond donors (Lipinski definition) is 0. The fraction of sp³-hybridized carbons (Fsp3) is 0.583. The van der Waals surface area contributed by atoms with E-state index >= 15 is 0 Å². The maximum atomic E-state index is 9.40. The number of hydrogen-bond acceptors (Lipinski definition) is 6. The van der Waals surface area contributed by atoms with Gasteiger partial charge in [-0.2, -0.15) is 5.26 Å². The molecule has 1 saturated carbocycles. The summed E-state index contributed by atoms with van der Waals surface area (Å²) >= 11 is 0. The van der Waals surface area contributed by atoms with Crippen LogP contribution in [0.25, 0.3) is 0 Å². The predicted molar refractivity (Wildman–Crippen MR) is 118 cm³/mol. The minimum atomic E-state index is 0.343. The molecule has 2 aromatic heterocycles. The second kappa shape index (κ2) is 10.5. The van der Waals surface area contributed by atoms with E-state index in [4.69, 9.17) is 0 Å². The van der Waals surface area contributed by atoms with Gasteiger partial charge in [-0.3, -0.25) is 4.90 Å². The third kappa shape index (κ3) is 5.54. The first-order valence-corrected chi connectivity index (χ1v) is 11.5. The molecule has 2 fully saturated rings. The molecule has 1 aliphatic carbocycles. The lowest BCUT2D eigenvalue weighted by Crippen LogP contribution is -2.47. The monoisotopic (exact) mass is 404 g/mol. The smallest absolute Gasteiger partial charge is 0.232 e. The van der Waals surface area contributed by atoms with Crippen molar-refractivity contribution in [1.29, 1.82) is 5.26 Å². The second-order valence-electron chi connectivity index (χ2n) is 8.53. The van der Waals surface area contributed by atoms with Gasteiger partial charge in [0.2, 0.25) is 5.82 Å². The molecule has 3 heterocycles. The van der Waals surface area contributed by atoms with Crippen LogP contribution < -0.4 is 4.90 Å². The van der Waals surface area contributed by atoms with Crippen molar-refractivity contribution < 1.29 is 0 Å². The zero-order valence-electron chi connectivity index (χ0n) is 17.8. The molecule has 0 spiro atoms. The Kier molecular flexibility index (Phi) is 7.25. The average Bonchev–Trinajstić information content (AvgIpc) is 3.10. The lowest BCUT2D eigenvalue weighted by atomic mass is 9.95. The molecule has 30 heavy (non-hydrogen) atoms. The zero-order chi connectivity index (χ0) is 20.6. The quantitative estimate of drug-likeness (QED) is 0.680. The highest BCUT2D eigenvalue weighted by Crippen LogP contribution is 2.30. The van der Waals surface area contributed by atoms with Gasteiger partial charge in [0.25, 0.3) is 0 Å². The highest BCUT2D eigenvalue weighted by Gasteiger charge is 2.19. The topological polar surface area (TPSA) is 68.9 Å². The summed E-state index contributed by atoms with van der Waals surface area (Å²) in [5.41, 5.74) is 2.13. The Morgan fingerprint density at radius 2 is 1.80 bits per heavy atom. The standard InChI is InChI=1S/C24H32N6/c25-19-23-27-21(18-22(28-23)20-8-3-1-2-4-9-20)10-7-13-29-14-16-30(17-15-29)24-11-5-6-12-26-24/h5-6,11-12,18,20H,1-4,7-10,13-17H2. The van der Waals surface area contributed by atoms with Gasteiger partial charge in [0.1, 0.15) is 11.9 Å². The Labute approximate surface area is 180 Å². The SMILES string of the molecule is N#Cc1nc(CCCN2CCN(c3ccccn3)CC2)cc(C2CCCCCC2)n1. The van der Waals surface area contributed by atoms with Crippen LogP contribution in [0.15, 0.2) is 30.5 Å². The molecule has 6 nitrogen and oxygen atoms in total. The molecule has 1 saturated heterocycles.